The third-order valence-corrected chi connectivity index (χ3v) is 3.40. The van der Waals surface area contributed by atoms with Crippen LogP contribution in [0.2, 0.25) is 0 Å². The third kappa shape index (κ3) is 7.81. The average Bonchev–Trinajstić information content (AvgIpc) is 2.54. The fraction of sp³-hybridized carbons (Fsp3) is 0.765. The summed E-state index contributed by atoms with van der Waals surface area (Å²) in [6, 6.07) is -1.27. The van der Waals surface area contributed by atoms with E-state index in [9.17, 15) is 19.2 Å². The van der Waals surface area contributed by atoms with Crippen LogP contribution in [0.5, 0.6) is 0 Å². The van der Waals surface area contributed by atoms with Crippen LogP contribution < -0.4 is 10.6 Å². The van der Waals surface area contributed by atoms with Crippen molar-refractivity contribution in [2.24, 2.45) is 5.92 Å². The highest BCUT2D eigenvalue weighted by atomic mass is 16.7. The lowest BCUT2D eigenvalue weighted by Crippen LogP contribution is -2.69. The van der Waals surface area contributed by atoms with Gasteiger partial charge in [-0.25, -0.2) is 14.7 Å². The smallest absolute Gasteiger partial charge is 0.408 e. The second-order valence-electron chi connectivity index (χ2n) is 7.66. The topological polar surface area (TPSA) is 123 Å². The SMILES string of the molecule is CC(C)CNC(=O)COC(=O)CON1C(=O)[C@@H](NC(=O)OC(C)(C)C)[C@@H]1C. The van der Waals surface area contributed by atoms with E-state index in [1.165, 1.54) is 0 Å². The molecule has 0 aromatic carbocycles. The maximum absolute atomic E-state index is 12.0. The first kappa shape index (κ1) is 22.7. The van der Waals surface area contributed by atoms with Gasteiger partial charge in [0.2, 0.25) is 0 Å². The van der Waals surface area contributed by atoms with Gasteiger partial charge in [-0.15, -0.1) is 0 Å². The molecule has 0 spiro atoms. The van der Waals surface area contributed by atoms with Crippen LogP contribution in [0.25, 0.3) is 0 Å². The van der Waals surface area contributed by atoms with Crippen LogP contribution >= 0.6 is 0 Å². The number of nitrogens with zero attached hydrogens (tertiary/aromatic N) is 1. The van der Waals surface area contributed by atoms with Crippen molar-refractivity contribution >= 4 is 23.9 Å². The molecule has 1 heterocycles. The van der Waals surface area contributed by atoms with E-state index in [0.717, 1.165) is 5.06 Å². The van der Waals surface area contributed by atoms with Gasteiger partial charge >= 0.3 is 12.1 Å². The lowest BCUT2D eigenvalue weighted by molar-refractivity contribution is -0.234. The number of rotatable bonds is 8. The first-order chi connectivity index (χ1) is 12.4. The molecule has 0 saturated carbocycles. The summed E-state index contributed by atoms with van der Waals surface area (Å²) in [6.07, 6.45) is -0.709. The van der Waals surface area contributed by atoms with E-state index in [2.05, 4.69) is 10.6 Å². The van der Waals surface area contributed by atoms with Crippen molar-refractivity contribution in [3.8, 4) is 0 Å². The summed E-state index contributed by atoms with van der Waals surface area (Å²) in [5.41, 5.74) is -0.679. The Bertz CT molecular complexity index is 571. The van der Waals surface area contributed by atoms with Gasteiger partial charge in [0.25, 0.3) is 11.8 Å². The van der Waals surface area contributed by atoms with Gasteiger partial charge in [-0.3, -0.25) is 14.4 Å². The molecule has 27 heavy (non-hydrogen) atoms. The molecule has 10 nitrogen and oxygen atoms in total. The molecule has 1 fully saturated rings. The standard InChI is InChI=1S/C17H29N3O7/c1-10(2)7-18-12(21)8-25-13(22)9-26-20-11(3)14(15(20)23)19-16(24)27-17(4,5)6/h10-11,14H,7-9H2,1-6H3,(H,18,21)(H,19,24)/t11-,14-/m0/s1. The first-order valence-corrected chi connectivity index (χ1v) is 8.78. The second-order valence-corrected chi connectivity index (χ2v) is 7.66. The first-order valence-electron chi connectivity index (χ1n) is 8.78. The lowest BCUT2D eigenvalue weighted by Gasteiger charge is -2.43. The van der Waals surface area contributed by atoms with Gasteiger partial charge in [-0.05, 0) is 33.6 Å². The second kappa shape index (κ2) is 9.54. The van der Waals surface area contributed by atoms with Crippen LogP contribution in [0.4, 0.5) is 4.79 Å². The normalized spacial score (nSPS) is 19.4. The van der Waals surface area contributed by atoms with Crippen molar-refractivity contribution < 1.29 is 33.5 Å². The van der Waals surface area contributed by atoms with Gasteiger partial charge in [0.1, 0.15) is 11.6 Å². The molecule has 1 aliphatic rings. The summed E-state index contributed by atoms with van der Waals surface area (Å²) in [6.45, 7) is 10.2. The molecular formula is C17H29N3O7. The van der Waals surface area contributed by atoms with E-state index >= 15 is 0 Å². The molecule has 154 valence electrons. The maximum Gasteiger partial charge on any atom is 0.408 e. The number of nitrogens with one attached hydrogen (secondary N) is 2. The van der Waals surface area contributed by atoms with Crippen molar-refractivity contribution in [2.75, 3.05) is 19.8 Å². The largest absolute Gasteiger partial charge is 0.454 e. The van der Waals surface area contributed by atoms with Gasteiger partial charge in [-0.1, -0.05) is 13.8 Å². The Labute approximate surface area is 158 Å². The summed E-state index contributed by atoms with van der Waals surface area (Å²) in [5, 5.41) is 6.03. The number of carbonyl (C=O) groups excluding carboxylic acids is 4. The van der Waals surface area contributed by atoms with Crippen LogP contribution in [-0.2, 0) is 28.7 Å². The van der Waals surface area contributed by atoms with Crippen LogP contribution in [0.1, 0.15) is 41.5 Å². The average molecular weight is 387 g/mol. The van der Waals surface area contributed by atoms with E-state index in [1.807, 2.05) is 13.8 Å². The molecule has 10 heteroatoms. The number of amides is 3. The van der Waals surface area contributed by atoms with E-state index in [4.69, 9.17) is 14.3 Å². The van der Waals surface area contributed by atoms with E-state index in [0.29, 0.717) is 6.54 Å². The predicted molar refractivity (Wildman–Crippen MR) is 94.2 cm³/mol. The van der Waals surface area contributed by atoms with Crippen LogP contribution in [0.15, 0.2) is 0 Å². The zero-order valence-corrected chi connectivity index (χ0v) is 16.7. The third-order valence-electron chi connectivity index (χ3n) is 3.40. The number of β-lactam (4-membered cyclic amide) rings is 1. The predicted octanol–water partition coefficient (Wildman–Crippen LogP) is 0.357. The zero-order valence-electron chi connectivity index (χ0n) is 16.7. The van der Waals surface area contributed by atoms with E-state index < -0.39 is 54.8 Å². The van der Waals surface area contributed by atoms with Crippen LogP contribution in [-0.4, -0.2) is 66.4 Å². The number of alkyl carbamates (subject to hydrolysis) is 1. The molecule has 0 bridgehead atoms. The van der Waals surface area contributed by atoms with Gasteiger partial charge in [0.05, 0.1) is 6.04 Å². The van der Waals surface area contributed by atoms with Crippen molar-refractivity contribution in [2.45, 2.75) is 59.2 Å². The maximum atomic E-state index is 12.0. The van der Waals surface area contributed by atoms with Crippen molar-refractivity contribution in [3.05, 3.63) is 0 Å². The molecule has 2 N–H and O–H groups in total. The molecule has 1 aliphatic heterocycles. The molecule has 0 unspecified atom stereocenters. The zero-order chi connectivity index (χ0) is 20.8. The van der Waals surface area contributed by atoms with Crippen molar-refractivity contribution in [3.63, 3.8) is 0 Å². The number of hydrogen-bond donors (Lipinski definition) is 2. The molecule has 1 rings (SSSR count). The summed E-state index contributed by atoms with van der Waals surface area (Å²) in [7, 11) is 0. The van der Waals surface area contributed by atoms with E-state index in [1.54, 1.807) is 27.7 Å². The Kier molecular flexibility index (Phi) is 8.01. The van der Waals surface area contributed by atoms with Crippen LogP contribution in [0, 0.1) is 5.92 Å². The highest BCUT2D eigenvalue weighted by molar-refractivity contribution is 5.91. The van der Waals surface area contributed by atoms with Gasteiger partial charge in [0.15, 0.2) is 13.2 Å². The number of esters is 1. The highest BCUT2D eigenvalue weighted by Crippen LogP contribution is 2.20. The quantitative estimate of drug-likeness (QED) is 0.455. The molecule has 0 aliphatic carbocycles. The Hall–Kier alpha value is -2.36. The Morgan fingerprint density at radius 2 is 1.81 bits per heavy atom. The fourth-order valence-corrected chi connectivity index (χ4v) is 2.07. The van der Waals surface area contributed by atoms with Gasteiger partial charge in [0, 0.05) is 6.54 Å². The van der Waals surface area contributed by atoms with Gasteiger partial charge in [-0.2, -0.15) is 0 Å². The Balaban J connectivity index is 2.30. The monoisotopic (exact) mass is 387 g/mol. The van der Waals surface area contributed by atoms with Crippen molar-refractivity contribution in [1.29, 1.82) is 0 Å². The summed E-state index contributed by atoms with van der Waals surface area (Å²) in [4.78, 5) is 51.9. The fourth-order valence-electron chi connectivity index (χ4n) is 2.07. The number of ether oxygens (including phenoxy) is 2. The molecule has 0 aromatic heterocycles. The molecule has 0 radical (unpaired) electrons. The molecule has 0 aromatic rings. The lowest BCUT2D eigenvalue weighted by atomic mass is 10.0. The Morgan fingerprint density at radius 1 is 1.19 bits per heavy atom. The van der Waals surface area contributed by atoms with Gasteiger partial charge < -0.3 is 20.1 Å². The highest BCUT2D eigenvalue weighted by Gasteiger charge is 2.47. The van der Waals surface area contributed by atoms with E-state index in [-0.39, 0.29) is 5.92 Å². The van der Waals surface area contributed by atoms with Crippen molar-refractivity contribution in [1.82, 2.24) is 15.7 Å². The minimum atomic E-state index is -0.794. The number of hydroxylamine groups is 2. The summed E-state index contributed by atoms with van der Waals surface area (Å²) >= 11 is 0. The molecule has 2 atom stereocenters. The minimum absolute atomic E-state index is 0.286. The Morgan fingerprint density at radius 3 is 2.33 bits per heavy atom. The summed E-state index contributed by atoms with van der Waals surface area (Å²) < 4.78 is 9.86. The summed E-state index contributed by atoms with van der Waals surface area (Å²) in [5.74, 6) is -1.41. The molecule has 3 amide bonds. The number of hydrogen-bond acceptors (Lipinski definition) is 7. The minimum Gasteiger partial charge on any atom is -0.454 e. The molecule has 1 saturated heterocycles. The number of carbonyl (C=O) groups is 4. The molecular weight excluding hydrogens is 358 g/mol. The van der Waals surface area contributed by atoms with Crippen LogP contribution in [0.3, 0.4) is 0 Å².